The monoisotopic (exact) mass is 363 g/mol. The fraction of sp³-hybridized carbons (Fsp3) is 0.625. The Balaban J connectivity index is 0.00000208. The number of rotatable bonds is 5. The Bertz CT molecular complexity index is 501. The third-order valence-electron chi connectivity index (χ3n) is 4.20. The molecule has 2 aliphatic rings. The van der Waals surface area contributed by atoms with Crippen molar-refractivity contribution >= 4 is 18.1 Å². The number of piperazine rings is 1. The van der Waals surface area contributed by atoms with Gasteiger partial charge >= 0.3 is 0 Å². The average molecular weight is 364 g/mol. The van der Waals surface area contributed by atoms with Crippen LogP contribution in [0.2, 0.25) is 0 Å². The fourth-order valence-corrected chi connectivity index (χ4v) is 2.93. The molecule has 0 radical (unpaired) electrons. The molecule has 2 heterocycles. The summed E-state index contributed by atoms with van der Waals surface area (Å²) in [5.74, 6) is -0.881. The van der Waals surface area contributed by atoms with Gasteiger partial charge in [-0.05, 0) is 0 Å². The van der Waals surface area contributed by atoms with E-state index in [0.717, 1.165) is 45.9 Å². The quantitative estimate of drug-likeness (QED) is 0.858. The molecule has 1 N–H and O–H groups in total. The largest absolute Gasteiger partial charge is 0.492 e. The Kier molecular flexibility index (Phi) is 7.48. The Morgan fingerprint density at radius 3 is 2.29 bits per heavy atom. The molecule has 2 fully saturated rings. The van der Waals surface area contributed by atoms with Crippen LogP contribution >= 0.6 is 12.4 Å². The van der Waals surface area contributed by atoms with Crippen molar-refractivity contribution in [3.8, 4) is 5.75 Å². The van der Waals surface area contributed by atoms with Gasteiger partial charge in [-0.25, -0.2) is 8.78 Å². The summed E-state index contributed by atoms with van der Waals surface area (Å²) >= 11 is 0. The second-order valence-corrected chi connectivity index (χ2v) is 5.78. The van der Waals surface area contributed by atoms with E-state index in [9.17, 15) is 8.78 Å². The van der Waals surface area contributed by atoms with Crippen molar-refractivity contribution in [3.63, 3.8) is 0 Å². The van der Waals surface area contributed by atoms with Gasteiger partial charge in [0.1, 0.15) is 18.0 Å². The summed E-state index contributed by atoms with van der Waals surface area (Å²) in [5, 5.41) is 3.17. The second kappa shape index (κ2) is 9.36. The van der Waals surface area contributed by atoms with Crippen LogP contribution in [-0.2, 0) is 4.74 Å². The van der Waals surface area contributed by atoms with Gasteiger partial charge < -0.3 is 19.7 Å². The Morgan fingerprint density at radius 2 is 1.67 bits per heavy atom. The fourth-order valence-electron chi connectivity index (χ4n) is 2.93. The molecule has 1 aromatic rings. The van der Waals surface area contributed by atoms with Crippen LogP contribution in [0.5, 0.6) is 5.75 Å². The zero-order valence-corrected chi connectivity index (χ0v) is 14.4. The summed E-state index contributed by atoms with van der Waals surface area (Å²) in [7, 11) is 0. The van der Waals surface area contributed by atoms with Gasteiger partial charge in [-0.2, -0.15) is 0 Å². The van der Waals surface area contributed by atoms with Crippen LogP contribution in [0, 0.1) is 11.6 Å². The molecule has 5 nitrogen and oxygen atoms in total. The predicted molar refractivity (Wildman–Crippen MR) is 91.4 cm³/mol. The first-order chi connectivity index (χ1) is 11.2. The third kappa shape index (κ3) is 4.92. The first kappa shape index (κ1) is 19.2. The summed E-state index contributed by atoms with van der Waals surface area (Å²) in [4.78, 5) is 3.95. The maximum absolute atomic E-state index is 14.3. The summed E-state index contributed by atoms with van der Waals surface area (Å²) in [6, 6.07) is 2.56. The van der Waals surface area contributed by atoms with Crippen molar-refractivity contribution in [3.05, 3.63) is 23.8 Å². The smallest absolute Gasteiger partial charge is 0.153 e. The van der Waals surface area contributed by atoms with Crippen LogP contribution in [0.3, 0.4) is 0 Å². The molecular formula is C16H24ClF2N3O2. The Morgan fingerprint density at radius 1 is 1.04 bits per heavy atom. The van der Waals surface area contributed by atoms with Crippen LogP contribution in [0.4, 0.5) is 14.5 Å². The van der Waals surface area contributed by atoms with Crippen LogP contribution in [0.25, 0.3) is 0 Å². The minimum atomic E-state index is -0.562. The molecule has 0 saturated carbocycles. The molecule has 0 spiro atoms. The zero-order chi connectivity index (χ0) is 16.1. The second-order valence-electron chi connectivity index (χ2n) is 5.78. The van der Waals surface area contributed by atoms with Gasteiger partial charge in [-0.15, -0.1) is 12.4 Å². The number of benzene rings is 1. The van der Waals surface area contributed by atoms with Crippen molar-refractivity contribution < 1.29 is 18.3 Å². The molecule has 1 aromatic carbocycles. The minimum absolute atomic E-state index is 0. The first-order valence-electron chi connectivity index (χ1n) is 8.11. The van der Waals surface area contributed by atoms with E-state index in [4.69, 9.17) is 9.47 Å². The van der Waals surface area contributed by atoms with Crippen molar-refractivity contribution in [2.75, 3.05) is 70.5 Å². The SMILES string of the molecule is Cl.Fc1cc(OCCN2CCOCC2)cc(F)c1N1CCNCC1. The molecule has 2 aliphatic heterocycles. The highest BCUT2D eigenvalue weighted by atomic mass is 35.5. The summed E-state index contributed by atoms with van der Waals surface area (Å²) in [6.45, 7) is 6.99. The highest BCUT2D eigenvalue weighted by Crippen LogP contribution is 2.28. The van der Waals surface area contributed by atoms with Crippen molar-refractivity contribution in [1.82, 2.24) is 10.2 Å². The summed E-state index contributed by atoms with van der Waals surface area (Å²) in [5.41, 5.74) is 0.0482. The summed E-state index contributed by atoms with van der Waals surface area (Å²) < 4.78 is 39.3. The maximum Gasteiger partial charge on any atom is 0.153 e. The number of ether oxygens (including phenoxy) is 2. The molecule has 8 heteroatoms. The molecule has 0 unspecified atom stereocenters. The van der Waals surface area contributed by atoms with Gasteiger partial charge in [0.2, 0.25) is 0 Å². The van der Waals surface area contributed by atoms with E-state index >= 15 is 0 Å². The number of morpholine rings is 1. The highest BCUT2D eigenvalue weighted by molar-refractivity contribution is 5.85. The minimum Gasteiger partial charge on any atom is -0.492 e. The lowest BCUT2D eigenvalue weighted by Crippen LogP contribution is -2.44. The van der Waals surface area contributed by atoms with E-state index in [-0.39, 0.29) is 23.8 Å². The van der Waals surface area contributed by atoms with E-state index in [1.54, 1.807) is 4.90 Å². The maximum atomic E-state index is 14.3. The van der Waals surface area contributed by atoms with Crippen LogP contribution < -0.4 is 15.0 Å². The molecule has 0 atom stereocenters. The number of nitrogens with zero attached hydrogens (tertiary/aromatic N) is 2. The number of hydrogen-bond acceptors (Lipinski definition) is 5. The van der Waals surface area contributed by atoms with E-state index in [2.05, 4.69) is 10.2 Å². The van der Waals surface area contributed by atoms with Gasteiger partial charge in [0.15, 0.2) is 11.6 Å². The van der Waals surface area contributed by atoms with Gasteiger partial charge in [-0.1, -0.05) is 0 Å². The topological polar surface area (TPSA) is 37.0 Å². The number of hydrogen-bond donors (Lipinski definition) is 1. The standard InChI is InChI=1S/C16H23F2N3O2.ClH/c17-14-11-13(23-10-7-20-5-8-22-9-6-20)12-15(18)16(14)21-3-1-19-2-4-21;/h11-12,19H,1-10H2;1H. The normalized spacial score (nSPS) is 19.0. The number of anilines is 1. The average Bonchev–Trinajstić information content (AvgIpc) is 2.56. The van der Waals surface area contributed by atoms with E-state index < -0.39 is 11.6 Å². The third-order valence-corrected chi connectivity index (χ3v) is 4.20. The van der Waals surface area contributed by atoms with Crippen molar-refractivity contribution in [1.29, 1.82) is 0 Å². The summed E-state index contributed by atoms with van der Waals surface area (Å²) in [6.07, 6.45) is 0. The lowest BCUT2D eigenvalue weighted by atomic mass is 10.2. The molecular weight excluding hydrogens is 340 g/mol. The molecule has 0 aliphatic carbocycles. The Hall–Kier alpha value is -1.15. The van der Waals surface area contributed by atoms with Crippen LogP contribution in [0.1, 0.15) is 0 Å². The molecule has 0 bridgehead atoms. The van der Waals surface area contributed by atoms with Crippen molar-refractivity contribution in [2.45, 2.75) is 0 Å². The van der Waals surface area contributed by atoms with Gasteiger partial charge in [0.05, 0.1) is 13.2 Å². The zero-order valence-electron chi connectivity index (χ0n) is 13.6. The van der Waals surface area contributed by atoms with Gasteiger partial charge in [-0.3, -0.25) is 4.90 Å². The highest BCUT2D eigenvalue weighted by Gasteiger charge is 2.20. The van der Waals surface area contributed by atoms with E-state index in [0.29, 0.717) is 19.7 Å². The van der Waals surface area contributed by atoms with Crippen LogP contribution in [0.15, 0.2) is 12.1 Å². The van der Waals surface area contributed by atoms with E-state index in [1.165, 1.54) is 12.1 Å². The van der Waals surface area contributed by atoms with E-state index in [1.807, 2.05) is 0 Å². The van der Waals surface area contributed by atoms with Crippen molar-refractivity contribution in [2.24, 2.45) is 0 Å². The number of nitrogens with one attached hydrogen (secondary N) is 1. The predicted octanol–water partition coefficient (Wildman–Crippen LogP) is 1.51. The molecule has 136 valence electrons. The van der Waals surface area contributed by atoms with Gasteiger partial charge in [0.25, 0.3) is 0 Å². The molecule has 24 heavy (non-hydrogen) atoms. The van der Waals surface area contributed by atoms with Crippen LogP contribution in [-0.4, -0.2) is 70.5 Å². The molecule has 3 rings (SSSR count). The molecule has 2 saturated heterocycles. The number of halogens is 3. The lowest BCUT2D eigenvalue weighted by Gasteiger charge is -2.30. The lowest BCUT2D eigenvalue weighted by molar-refractivity contribution is 0.0322. The molecule has 0 aromatic heterocycles. The van der Waals surface area contributed by atoms with Gasteiger partial charge in [0, 0.05) is 57.9 Å². The first-order valence-corrected chi connectivity index (χ1v) is 8.11. The molecule has 0 amide bonds. The Labute approximate surface area is 147 Å².